The number of nitriles is 1. The molecule has 20 heavy (non-hydrogen) atoms. The van der Waals surface area contributed by atoms with Gasteiger partial charge in [0.1, 0.15) is 11.9 Å². The number of carboxylic acids is 1. The number of likely N-dealkylation sites (tertiary alicyclic amines) is 1. The molecule has 0 aromatic heterocycles. The number of halogens is 1. The van der Waals surface area contributed by atoms with Crippen LogP contribution < -0.4 is 0 Å². The molecular formula is C15H17FN2O2. The van der Waals surface area contributed by atoms with Gasteiger partial charge in [-0.05, 0) is 43.5 Å². The highest BCUT2D eigenvalue weighted by Gasteiger charge is 2.31. The molecule has 4 nitrogen and oxygen atoms in total. The highest BCUT2D eigenvalue weighted by Crippen LogP contribution is 2.25. The molecule has 0 bridgehead atoms. The second-order valence-electron chi connectivity index (χ2n) is 5.37. The summed E-state index contributed by atoms with van der Waals surface area (Å²) >= 11 is 0. The average Bonchev–Trinajstić information content (AvgIpc) is 2.42. The van der Waals surface area contributed by atoms with E-state index in [0.29, 0.717) is 30.0 Å². The number of piperidine rings is 1. The molecule has 0 radical (unpaired) electrons. The predicted molar refractivity (Wildman–Crippen MR) is 71.3 cm³/mol. The Balaban J connectivity index is 2.20. The van der Waals surface area contributed by atoms with Gasteiger partial charge in [0.15, 0.2) is 0 Å². The second-order valence-corrected chi connectivity index (χ2v) is 5.37. The van der Waals surface area contributed by atoms with Crippen LogP contribution in [0.2, 0.25) is 0 Å². The Kier molecular flexibility index (Phi) is 4.35. The molecule has 1 aromatic carbocycles. The van der Waals surface area contributed by atoms with E-state index >= 15 is 0 Å². The van der Waals surface area contributed by atoms with Crippen molar-refractivity contribution in [1.82, 2.24) is 4.90 Å². The van der Waals surface area contributed by atoms with Crippen LogP contribution in [0.3, 0.4) is 0 Å². The summed E-state index contributed by atoms with van der Waals surface area (Å²) in [5.74, 6) is -0.900. The molecule has 2 unspecified atom stereocenters. The first-order valence-electron chi connectivity index (χ1n) is 6.66. The molecule has 1 aliphatic rings. The summed E-state index contributed by atoms with van der Waals surface area (Å²) in [4.78, 5) is 13.1. The summed E-state index contributed by atoms with van der Waals surface area (Å²) in [6, 6.07) is 5.57. The van der Waals surface area contributed by atoms with E-state index in [1.807, 2.05) is 13.0 Å². The fourth-order valence-corrected chi connectivity index (χ4v) is 2.62. The minimum absolute atomic E-state index is 0.227. The maximum atomic E-state index is 13.8. The summed E-state index contributed by atoms with van der Waals surface area (Å²) in [5, 5.41) is 18.1. The van der Waals surface area contributed by atoms with Gasteiger partial charge in [-0.1, -0.05) is 6.92 Å². The van der Waals surface area contributed by atoms with E-state index in [1.165, 1.54) is 18.2 Å². The average molecular weight is 276 g/mol. The molecule has 1 saturated heterocycles. The van der Waals surface area contributed by atoms with Gasteiger partial charge in [0.2, 0.25) is 0 Å². The Morgan fingerprint density at radius 2 is 2.35 bits per heavy atom. The fraction of sp³-hybridized carbons (Fsp3) is 0.467. The number of carbonyl (C=O) groups is 1. The Morgan fingerprint density at radius 1 is 1.60 bits per heavy atom. The van der Waals surface area contributed by atoms with Crippen LogP contribution in [0.15, 0.2) is 18.2 Å². The summed E-state index contributed by atoms with van der Waals surface area (Å²) in [5.41, 5.74) is 0.767. The zero-order valence-electron chi connectivity index (χ0n) is 11.3. The van der Waals surface area contributed by atoms with Crippen molar-refractivity contribution < 1.29 is 14.3 Å². The van der Waals surface area contributed by atoms with Gasteiger partial charge in [0, 0.05) is 12.1 Å². The minimum atomic E-state index is -0.867. The van der Waals surface area contributed by atoms with Crippen molar-refractivity contribution in [1.29, 1.82) is 5.26 Å². The van der Waals surface area contributed by atoms with Crippen LogP contribution in [0.25, 0.3) is 0 Å². The Labute approximate surface area is 117 Å². The summed E-state index contributed by atoms with van der Waals surface area (Å²) < 4.78 is 13.8. The van der Waals surface area contributed by atoms with E-state index < -0.39 is 17.8 Å². The summed E-state index contributed by atoms with van der Waals surface area (Å²) in [6.45, 7) is 2.89. The molecule has 5 heteroatoms. The van der Waals surface area contributed by atoms with Crippen LogP contribution in [0.1, 0.15) is 30.9 Å². The third-order valence-corrected chi connectivity index (χ3v) is 3.81. The third-order valence-electron chi connectivity index (χ3n) is 3.81. The Morgan fingerprint density at radius 3 is 3.00 bits per heavy atom. The van der Waals surface area contributed by atoms with Crippen LogP contribution >= 0.6 is 0 Å². The molecule has 2 rings (SSSR count). The molecule has 2 atom stereocenters. The quantitative estimate of drug-likeness (QED) is 0.920. The summed E-state index contributed by atoms with van der Waals surface area (Å²) in [7, 11) is 0. The molecule has 0 amide bonds. The molecule has 106 valence electrons. The number of carboxylic acid groups (broad SMARTS) is 1. The maximum Gasteiger partial charge on any atom is 0.320 e. The van der Waals surface area contributed by atoms with Gasteiger partial charge >= 0.3 is 5.97 Å². The fourth-order valence-electron chi connectivity index (χ4n) is 2.62. The van der Waals surface area contributed by atoms with Gasteiger partial charge in [0.25, 0.3) is 0 Å². The van der Waals surface area contributed by atoms with Gasteiger partial charge in [-0.3, -0.25) is 9.69 Å². The number of aliphatic carboxylic acids is 1. The lowest BCUT2D eigenvalue weighted by atomic mass is 9.92. The first-order valence-corrected chi connectivity index (χ1v) is 6.66. The van der Waals surface area contributed by atoms with Crippen molar-refractivity contribution in [2.75, 3.05) is 6.54 Å². The lowest BCUT2D eigenvalue weighted by Crippen LogP contribution is -2.46. The van der Waals surface area contributed by atoms with Crippen LogP contribution in [0.5, 0.6) is 0 Å². The maximum absolute atomic E-state index is 13.8. The van der Waals surface area contributed by atoms with Gasteiger partial charge < -0.3 is 5.11 Å². The molecular weight excluding hydrogens is 259 g/mol. The van der Waals surface area contributed by atoms with Crippen LogP contribution in [-0.4, -0.2) is 28.6 Å². The molecule has 1 N–H and O–H groups in total. The highest BCUT2D eigenvalue weighted by molar-refractivity contribution is 5.73. The van der Waals surface area contributed by atoms with E-state index in [2.05, 4.69) is 0 Å². The molecule has 0 aliphatic carbocycles. The van der Waals surface area contributed by atoms with Crippen molar-refractivity contribution in [3.63, 3.8) is 0 Å². The lowest BCUT2D eigenvalue weighted by Gasteiger charge is -2.36. The monoisotopic (exact) mass is 276 g/mol. The molecule has 1 heterocycles. The van der Waals surface area contributed by atoms with E-state index in [0.717, 1.165) is 6.42 Å². The second kappa shape index (κ2) is 6.02. The number of benzene rings is 1. The van der Waals surface area contributed by atoms with Crippen molar-refractivity contribution in [2.45, 2.75) is 32.4 Å². The highest BCUT2D eigenvalue weighted by atomic mass is 19.1. The van der Waals surface area contributed by atoms with Crippen molar-refractivity contribution in [2.24, 2.45) is 5.92 Å². The van der Waals surface area contributed by atoms with E-state index in [-0.39, 0.29) is 6.54 Å². The van der Waals surface area contributed by atoms with E-state index in [4.69, 9.17) is 5.26 Å². The first-order chi connectivity index (χ1) is 9.51. The molecule has 1 fully saturated rings. The third kappa shape index (κ3) is 3.14. The zero-order chi connectivity index (χ0) is 14.7. The molecule has 1 aromatic rings. The molecule has 1 aliphatic heterocycles. The topological polar surface area (TPSA) is 64.3 Å². The van der Waals surface area contributed by atoms with Gasteiger partial charge in [0.05, 0.1) is 11.6 Å². The minimum Gasteiger partial charge on any atom is -0.480 e. The normalized spacial score (nSPS) is 23.2. The summed E-state index contributed by atoms with van der Waals surface area (Å²) in [6.07, 6.45) is 1.48. The zero-order valence-corrected chi connectivity index (χ0v) is 11.3. The van der Waals surface area contributed by atoms with Crippen molar-refractivity contribution in [3.05, 3.63) is 35.1 Å². The molecule has 0 spiro atoms. The van der Waals surface area contributed by atoms with Gasteiger partial charge in [-0.15, -0.1) is 0 Å². The number of rotatable bonds is 3. The Bertz CT molecular complexity index is 553. The largest absolute Gasteiger partial charge is 0.480 e. The SMILES string of the molecule is CC1CCN(Cc2cc(C#N)ccc2F)C(C(=O)O)C1. The predicted octanol–water partition coefficient (Wildman–Crippen LogP) is 2.38. The smallest absolute Gasteiger partial charge is 0.320 e. The lowest BCUT2D eigenvalue weighted by molar-refractivity contribution is -0.145. The Hall–Kier alpha value is -1.93. The van der Waals surface area contributed by atoms with Crippen LogP contribution in [-0.2, 0) is 11.3 Å². The number of hydrogen-bond donors (Lipinski definition) is 1. The van der Waals surface area contributed by atoms with Crippen molar-refractivity contribution >= 4 is 5.97 Å². The standard InChI is InChI=1S/C15H17FN2O2/c1-10-4-5-18(14(6-10)15(19)20)9-12-7-11(8-17)2-3-13(12)16/h2-3,7,10,14H,4-6,9H2,1H3,(H,19,20). The van der Waals surface area contributed by atoms with Crippen LogP contribution in [0.4, 0.5) is 4.39 Å². The number of hydrogen-bond acceptors (Lipinski definition) is 3. The van der Waals surface area contributed by atoms with Gasteiger partial charge in [-0.25, -0.2) is 4.39 Å². The number of nitrogens with zero attached hydrogens (tertiary/aromatic N) is 2. The van der Waals surface area contributed by atoms with E-state index in [9.17, 15) is 14.3 Å². The molecule has 0 saturated carbocycles. The van der Waals surface area contributed by atoms with Crippen molar-refractivity contribution in [3.8, 4) is 6.07 Å². The van der Waals surface area contributed by atoms with Gasteiger partial charge in [-0.2, -0.15) is 5.26 Å². The first kappa shape index (κ1) is 14.5. The van der Waals surface area contributed by atoms with E-state index in [1.54, 1.807) is 4.90 Å². The van der Waals surface area contributed by atoms with Crippen LogP contribution in [0, 0.1) is 23.1 Å².